The van der Waals surface area contributed by atoms with Crippen molar-refractivity contribution in [3.05, 3.63) is 96.1 Å². The van der Waals surface area contributed by atoms with Gasteiger partial charge in [-0.1, -0.05) is 66.4 Å². The molecular weight excluding hydrogens is 474 g/mol. The molecule has 2 N–H and O–H groups in total. The summed E-state index contributed by atoms with van der Waals surface area (Å²) in [6, 6.07) is 27.4. The molecule has 0 aliphatic carbocycles. The number of benzene rings is 4. The maximum absolute atomic E-state index is 13.3. The molecule has 0 aliphatic rings. The van der Waals surface area contributed by atoms with Crippen LogP contribution in [0.15, 0.2) is 94.7 Å². The monoisotopic (exact) mass is 501 g/mol. The predicted octanol–water partition coefficient (Wildman–Crippen LogP) is 6.90. The molecule has 0 bridgehead atoms. The standard InChI is InChI=1S/C29H27NO3S2/c1-19-7-3-6-10-24(19)26-18-23(35-22-12-11-20-8-4-5-9-21(20)17-22)13-14-25(26)28(31)30-27(29(32)33)15-16-34-2/h3-14,17-18,27H,15-16H2,1-2H3,(H,30,31)(H,32,33). The predicted molar refractivity (Wildman–Crippen MR) is 147 cm³/mol. The second-order valence-corrected chi connectivity index (χ2v) is 10.4. The molecular formula is C29H27NO3S2. The molecule has 0 aliphatic heterocycles. The molecule has 4 aromatic carbocycles. The highest BCUT2D eigenvalue weighted by atomic mass is 32.2. The van der Waals surface area contributed by atoms with Gasteiger partial charge in [-0.05, 0) is 83.1 Å². The Kier molecular flexibility index (Phi) is 8.16. The summed E-state index contributed by atoms with van der Waals surface area (Å²) in [5, 5.41) is 14.7. The highest BCUT2D eigenvalue weighted by molar-refractivity contribution is 7.99. The maximum atomic E-state index is 13.3. The van der Waals surface area contributed by atoms with Crippen LogP contribution in [0, 0.1) is 6.92 Å². The zero-order valence-corrected chi connectivity index (χ0v) is 21.3. The van der Waals surface area contributed by atoms with E-state index in [4.69, 9.17) is 0 Å². The number of fused-ring (bicyclic) bond motifs is 1. The lowest BCUT2D eigenvalue weighted by Crippen LogP contribution is -2.41. The summed E-state index contributed by atoms with van der Waals surface area (Å²) >= 11 is 3.20. The minimum atomic E-state index is -1.02. The molecule has 6 heteroatoms. The van der Waals surface area contributed by atoms with E-state index in [1.54, 1.807) is 29.6 Å². The minimum absolute atomic E-state index is 0.373. The summed E-state index contributed by atoms with van der Waals surface area (Å²) in [6.07, 6.45) is 2.29. The van der Waals surface area contributed by atoms with Crippen LogP contribution in [-0.2, 0) is 4.79 Å². The van der Waals surface area contributed by atoms with E-state index in [2.05, 4.69) is 35.6 Å². The number of carboxylic acids is 1. The van der Waals surface area contributed by atoms with Crippen molar-refractivity contribution >= 4 is 46.2 Å². The smallest absolute Gasteiger partial charge is 0.326 e. The largest absolute Gasteiger partial charge is 0.480 e. The van der Waals surface area contributed by atoms with Crippen LogP contribution >= 0.6 is 23.5 Å². The van der Waals surface area contributed by atoms with E-state index in [0.29, 0.717) is 17.7 Å². The number of nitrogens with one attached hydrogen (secondary N) is 1. The Labute approximate surface area is 214 Å². The van der Waals surface area contributed by atoms with E-state index in [-0.39, 0.29) is 5.91 Å². The molecule has 0 saturated carbocycles. The van der Waals surface area contributed by atoms with Gasteiger partial charge in [-0.15, -0.1) is 0 Å². The van der Waals surface area contributed by atoms with Crippen molar-refractivity contribution in [3.63, 3.8) is 0 Å². The Morgan fingerprint density at radius 3 is 2.29 bits per heavy atom. The Morgan fingerprint density at radius 2 is 1.54 bits per heavy atom. The number of hydrogen-bond acceptors (Lipinski definition) is 4. The van der Waals surface area contributed by atoms with Crippen LogP contribution in [-0.4, -0.2) is 35.0 Å². The van der Waals surface area contributed by atoms with Crippen LogP contribution < -0.4 is 5.32 Å². The summed E-state index contributed by atoms with van der Waals surface area (Å²) in [5.74, 6) is -0.740. The second-order valence-electron chi connectivity index (χ2n) is 8.28. The lowest BCUT2D eigenvalue weighted by atomic mass is 9.95. The molecule has 0 spiro atoms. The Bertz CT molecular complexity index is 1370. The van der Waals surface area contributed by atoms with Gasteiger partial charge in [-0.25, -0.2) is 4.79 Å². The summed E-state index contributed by atoms with van der Waals surface area (Å²) in [5.41, 5.74) is 3.26. The van der Waals surface area contributed by atoms with Gasteiger partial charge in [0, 0.05) is 15.4 Å². The fourth-order valence-electron chi connectivity index (χ4n) is 3.98. The first-order chi connectivity index (χ1) is 17.0. The number of carbonyl (C=O) groups excluding carboxylic acids is 1. The first-order valence-corrected chi connectivity index (χ1v) is 13.6. The third-order valence-electron chi connectivity index (χ3n) is 5.84. The summed E-state index contributed by atoms with van der Waals surface area (Å²) in [7, 11) is 0. The van der Waals surface area contributed by atoms with Gasteiger partial charge in [0.2, 0.25) is 0 Å². The van der Waals surface area contributed by atoms with Crippen molar-refractivity contribution in [1.29, 1.82) is 0 Å². The summed E-state index contributed by atoms with van der Waals surface area (Å²) in [4.78, 5) is 27.1. The van der Waals surface area contributed by atoms with Crippen LogP contribution in [0.2, 0.25) is 0 Å². The molecule has 1 atom stereocenters. The lowest BCUT2D eigenvalue weighted by Gasteiger charge is -2.17. The molecule has 0 saturated heterocycles. The molecule has 178 valence electrons. The summed E-state index contributed by atoms with van der Waals surface area (Å²) in [6.45, 7) is 2.01. The Balaban J connectivity index is 1.69. The molecule has 1 amide bonds. The zero-order chi connectivity index (χ0) is 24.8. The Morgan fingerprint density at radius 1 is 0.857 bits per heavy atom. The Hall–Kier alpha value is -3.22. The number of aryl methyl sites for hydroxylation is 1. The zero-order valence-electron chi connectivity index (χ0n) is 19.7. The van der Waals surface area contributed by atoms with E-state index in [9.17, 15) is 14.7 Å². The highest BCUT2D eigenvalue weighted by Gasteiger charge is 2.23. The molecule has 0 fully saturated rings. The number of rotatable bonds is 9. The van der Waals surface area contributed by atoms with E-state index in [1.165, 1.54) is 10.8 Å². The number of thioether (sulfide) groups is 1. The van der Waals surface area contributed by atoms with Crippen LogP contribution in [0.1, 0.15) is 22.3 Å². The van der Waals surface area contributed by atoms with Gasteiger partial charge in [0.25, 0.3) is 5.91 Å². The van der Waals surface area contributed by atoms with Gasteiger partial charge in [0.15, 0.2) is 0 Å². The van der Waals surface area contributed by atoms with Crippen LogP contribution in [0.5, 0.6) is 0 Å². The van der Waals surface area contributed by atoms with E-state index in [1.807, 2.05) is 61.7 Å². The number of carbonyl (C=O) groups is 2. The van der Waals surface area contributed by atoms with E-state index in [0.717, 1.165) is 26.5 Å². The van der Waals surface area contributed by atoms with Crippen LogP contribution in [0.3, 0.4) is 0 Å². The first-order valence-electron chi connectivity index (χ1n) is 11.4. The second kappa shape index (κ2) is 11.5. The molecule has 4 nitrogen and oxygen atoms in total. The fraction of sp³-hybridized carbons (Fsp3) is 0.172. The fourth-order valence-corrected chi connectivity index (χ4v) is 5.36. The molecule has 0 radical (unpaired) electrons. The van der Waals surface area contributed by atoms with Gasteiger partial charge in [0.1, 0.15) is 6.04 Å². The van der Waals surface area contributed by atoms with Crippen molar-refractivity contribution < 1.29 is 14.7 Å². The lowest BCUT2D eigenvalue weighted by molar-refractivity contribution is -0.139. The number of hydrogen-bond donors (Lipinski definition) is 2. The van der Waals surface area contributed by atoms with Crippen LogP contribution in [0.25, 0.3) is 21.9 Å². The first kappa shape index (κ1) is 24.9. The third-order valence-corrected chi connectivity index (χ3v) is 7.46. The number of aliphatic carboxylic acids is 1. The van der Waals surface area contributed by atoms with Crippen molar-refractivity contribution in [3.8, 4) is 11.1 Å². The topological polar surface area (TPSA) is 66.4 Å². The van der Waals surface area contributed by atoms with Gasteiger partial charge < -0.3 is 10.4 Å². The number of carboxylic acid groups (broad SMARTS) is 1. The average Bonchev–Trinajstić information content (AvgIpc) is 2.86. The third kappa shape index (κ3) is 6.08. The quantitative estimate of drug-likeness (QED) is 0.261. The SMILES string of the molecule is CSCCC(NC(=O)c1ccc(Sc2ccc3ccccc3c2)cc1-c1ccccc1C)C(=O)O. The van der Waals surface area contributed by atoms with E-state index >= 15 is 0 Å². The molecule has 0 heterocycles. The number of amides is 1. The van der Waals surface area contributed by atoms with Crippen molar-refractivity contribution in [2.45, 2.75) is 29.2 Å². The molecule has 4 aromatic rings. The van der Waals surface area contributed by atoms with Gasteiger partial charge in [-0.2, -0.15) is 11.8 Å². The van der Waals surface area contributed by atoms with Crippen molar-refractivity contribution in [2.24, 2.45) is 0 Å². The maximum Gasteiger partial charge on any atom is 0.326 e. The van der Waals surface area contributed by atoms with Crippen molar-refractivity contribution in [1.82, 2.24) is 5.32 Å². The van der Waals surface area contributed by atoms with Gasteiger partial charge in [-0.3, -0.25) is 4.79 Å². The van der Waals surface area contributed by atoms with Gasteiger partial charge in [0.05, 0.1) is 0 Å². The van der Waals surface area contributed by atoms with E-state index < -0.39 is 12.0 Å². The minimum Gasteiger partial charge on any atom is -0.480 e. The average molecular weight is 502 g/mol. The highest BCUT2D eigenvalue weighted by Crippen LogP contribution is 2.35. The summed E-state index contributed by atoms with van der Waals surface area (Å²) < 4.78 is 0. The molecule has 35 heavy (non-hydrogen) atoms. The molecule has 4 rings (SSSR count). The van der Waals surface area contributed by atoms with Gasteiger partial charge >= 0.3 is 5.97 Å². The molecule has 0 aromatic heterocycles. The van der Waals surface area contributed by atoms with Crippen molar-refractivity contribution in [2.75, 3.05) is 12.0 Å². The van der Waals surface area contributed by atoms with Crippen LogP contribution in [0.4, 0.5) is 0 Å². The normalized spacial score (nSPS) is 11.8. The molecule has 1 unspecified atom stereocenters.